The van der Waals surface area contributed by atoms with Crippen molar-refractivity contribution in [3.63, 3.8) is 0 Å². The second-order valence-corrected chi connectivity index (χ2v) is 7.39. The summed E-state index contributed by atoms with van der Waals surface area (Å²) in [6.45, 7) is 11.2. The van der Waals surface area contributed by atoms with E-state index in [9.17, 15) is 0 Å². The normalized spacial score (nSPS) is 12.6. The van der Waals surface area contributed by atoms with Crippen LogP contribution in [-0.2, 0) is 0 Å². The van der Waals surface area contributed by atoms with E-state index in [1.165, 1.54) is 0 Å². The van der Waals surface area contributed by atoms with Gasteiger partial charge in [0.05, 0.1) is 11.4 Å². The van der Waals surface area contributed by atoms with Crippen molar-refractivity contribution in [1.29, 1.82) is 0 Å². The molecule has 0 bridgehead atoms. The zero-order valence-electron chi connectivity index (χ0n) is 11.4. The van der Waals surface area contributed by atoms with Gasteiger partial charge in [0.1, 0.15) is 0 Å². The molecule has 1 rings (SSSR count). The number of anilines is 2. The highest BCUT2D eigenvalue weighted by Gasteiger charge is 2.25. The van der Waals surface area contributed by atoms with Gasteiger partial charge in [-0.05, 0) is 43.9 Å². The van der Waals surface area contributed by atoms with Crippen LogP contribution in [0.3, 0.4) is 0 Å². The summed E-state index contributed by atoms with van der Waals surface area (Å²) in [7, 11) is 0. The fourth-order valence-corrected chi connectivity index (χ4v) is 2.76. The Morgan fingerprint density at radius 2 is 1.76 bits per heavy atom. The SMILES string of the molecule is CC(C)(C)CC(C)(C)Nc1ccc(Br)cc1N. The molecule has 0 aliphatic rings. The largest absolute Gasteiger partial charge is 0.397 e. The molecule has 2 nitrogen and oxygen atoms in total. The summed E-state index contributed by atoms with van der Waals surface area (Å²) >= 11 is 3.42. The van der Waals surface area contributed by atoms with E-state index in [2.05, 4.69) is 55.9 Å². The van der Waals surface area contributed by atoms with Crippen LogP contribution in [0.5, 0.6) is 0 Å². The Balaban J connectivity index is 2.83. The zero-order valence-corrected chi connectivity index (χ0v) is 13.0. The minimum Gasteiger partial charge on any atom is -0.397 e. The molecule has 96 valence electrons. The molecular weight excluding hydrogens is 276 g/mol. The maximum Gasteiger partial charge on any atom is 0.0578 e. The van der Waals surface area contributed by atoms with Crippen LogP contribution >= 0.6 is 15.9 Å². The van der Waals surface area contributed by atoms with Crippen LogP contribution in [0.15, 0.2) is 22.7 Å². The number of hydrogen-bond donors (Lipinski definition) is 2. The van der Waals surface area contributed by atoms with Crippen molar-refractivity contribution in [2.75, 3.05) is 11.1 Å². The molecule has 17 heavy (non-hydrogen) atoms. The van der Waals surface area contributed by atoms with E-state index in [-0.39, 0.29) is 5.54 Å². The van der Waals surface area contributed by atoms with Gasteiger partial charge in [-0.1, -0.05) is 36.7 Å². The first-order valence-electron chi connectivity index (χ1n) is 5.92. The molecule has 0 aliphatic heterocycles. The number of nitrogens with one attached hydrogen (secondary N) is 1. The van der Waals surface area contributed by atoms with Gasteiger partial charge < -0.3 is 11.1 Å². The number of rotatable bonds is 3. The predicted octanol–water partition coefficient (Wildman–Crippen LogP) is 4.66. The van der Waals surface area contributed by atoms with Gasteiger partial charge in [0.25, 0.3) is 0 Å². The van der Waals surface area contributed by atoms with Crippen LogP contribution < -0.4 is 11.1 Å². The van der Waals surface area contributed by atoms with Crippen LogP contribution in [-0.4, -0.2) is 5.54 Å². The summed E-state index contributed by atoms with van der Waals surface area (Å²) in [6.07, 6.45) is 1.08. The van der Waals surface area contributed by atoms with Crippen LogP contribution in [0.1, 0.15) is 41.0 Å². The van der Waals surface area contributed by atoms with Gasteiger partial charge >= 0.3 is 0 Å². The first kappa shape index (κ1) is 14.4. The maximum atomic E-state index is 6.00. The minimum absolute atomic E-state index is 0.0280. The molecule has 1 aromatic carbocycles. The lowest BCUT2D eigenvalue weighted by Crippen LogP contribution is -2.35. The summed E-state index contributed by atoms with van der Waals surface area (Å²) in [4.78, 5) is 0. The summed E-state index contributed by atoms with van der Waals surface area (Å²) in [5.74, 6) is 0. The average Bonchev–Trinajstić information content (AvgIpc) is 2.05. The van der Waals surface area contributed by atoms with E-state index in [0.717, 1.165) is 22.3 Å². The zero-order chi connectivity index (χ0) is 13.3. The molecular formula is C14H23BrN2. The minimum atomic E-state index is 0.0280. The molecule has 0 unspecified atom stereocenters. The number of benzene rings is 1. The lowest BCUT2D eigenvalue weighted by Gasteiger charge is -2.34. The first-order chi connectivity index (χ1) is 7.59. The summed E-state index contributed by atoms with van der Waals surface area (Å²) in [5.41, 5.74) is 8.10. The lowest BCUT2D eigenvalue weighted by atomic mass is 9.81. The second kappa shape index (κ2) is 4.89. The highest BCUT2D eigenvalue weighted by Crippen LogP contribution is 2.32. The lowest BCUT2D eigenvalue weighted by molar-refractivity contribution is 0.302. The Hall–Kier alpha value is -0.700. The number of nitrogens with two attached hydrogens (primary N) is 1. The molecule has 0 saturated carbocycles. The molecule has 3 N–H and O–H groups in total. The van der Waals surface area contributed by atoms with E-state index in [4.69, 9.17) is 5.73 Å². The Morgan fingerprint density at radius 1 is 1.18 bits per heavy atom. The van der Waals surface area contributed by atoms with Crippen molar-refractivity contribution < 1.29 is 0 Å². The van der Waals surface area contributed by atoms with Crippen molar-refractivity contribution in [2.45, 2.75) is 46.6 Å². The molecule has 0 heterocycles. The van der Waals surface area contributed by atoms with Gasteiger partial charge in [-0.2, -0.15) is 0 Å². The van der Waals surface area contributed by atoms with Crippen molar-refractivity contribution in [2.24, 2.45) is 5.41 Å². The molecule has 0 aliphatic carbocycles. The smallest absolute Gasteiger partial charge is 0.0578 e. The quantitative estimate of drug-likeness (QED) is 0.797. The topological polar surface area (TPSA) is 38.0 Å². The van der Waals surface area contributed by atoms with E-state index < -0.39 is 0 Å². The van der Waals surface area contributed by atoms with E-state index in [1.807, 2.05) is 18.2 Å². The molecule has 1 aromatic rings. The van der Waals surface area contributed by atoms with Gasteiger partial charge in [-0.15, -0.1) is 0 Å². The van der Waals surface area contributed by atoms with Crippen molar-refractivity contribution in [3.8, 4) is 0 Å². The maximum absolute atomic E-state index is 6.00. The first-order valence-corrected chi connectivity index (χ1v) is 6.72. The average molecular weight is 299 g/mol. The summed E-state index contributed by atoms with van der Waals surface area (Å²) in [6, 6.07) is 5.95. The van der Waals surface area contributed by atoms with Gasteiger partial charge in [0, 0.05) is 10.0 Å². The Morgan fingerprint density at radius 3 is 2.24 bits per heavy atom. The molecule has 3 heteroatoms. The molecule has 0 atom stereocenters. The summed E-state index contributed by atoms with van der Waals surface area (Å²) < 4.78 is 1.01. The Labute approximate surface area is 113 Å². The van der Waals surface area contributed by atoms with Gasteiger partial charge in [0.15, 0.2) is 0 Å². The van der Waals surface area contributed by atoms with Crippen LogP contribution in [0, 0.1) is 5.41 Å². The summed E-state index contributed by atoms with van der Waals surface area (Å²) in [5, 5.41) is 3.52. The third-order valence-electron chi connectivity index (χ3n) is 2.46. The van der Waals surface area contributed by atoms with Crippen LogP contribution in [0.4, 0.5) is 11.4 Å². The predicted molar refractivity (Wildman–Crippen MR) is 80.3 cm³/mol. The van der Waals surface area contributed by atoms with E-state index in [0.29, 0.717) is 5.41 Å². The highest BCUT2D eigenvalue weighted by atomic mass is 79.9. The van der Waals surface area contributed by atoms with Crippen molar-refractivity contribution in [1.82, 2.24) is 0 Å². The standard InChI is InChI=1S/C14H23BrN2/c1-13(2,3)9-14(4,5)17-12-7-6-10(15)8-11(12)16/h6-8,17H,9,16H2,1-5H3. The molecule has 0 amide bonds. The number of halogens is 1. The highest BCUT2D eigenvalue weighted by molar-refractivity contribution is 9.10. The fourth-order valence-electron chi connectivity index (χ4n) is 2.38. The van der Waals surface area contributed by atoms with Crippen LogP contribution in [0.25, 0.3) is 0 Å². The van der Waals surface area contributed by atoms with Gasteiger partial charge in [-0.3, -0.25) is 0 Å². The molecule has 0 fully saturated rings. The third kappa shape index (κ3) is 4.99. The van der Waals surface area contributed by atoms with Crippen molar-refractivity contribution in [3.05, 3.63) is 22.7 Å². The van der Waals surface area contributed by atoms with Crippen LogP contribution in [0.2, 0.25) is 0 Å². The molecule has 0 saturated heterocycles. The molecule has 0 spiro atoms. The van der Waals surface area contributed by atoms with Crippen molar-refractivity contribution >= 4 is 27.3 Å². The Bertz CT molecular complexity index is 392. The fraction of sp³-hybridized carbons (Fsp3) is 0.571. The monoisotopic (exact) mass is 298 g/mol. The second-order valence-electron chi connectivity index (χ2n) is 6.48. The van der Waals surface area contributed by atoms with E-state index >= 15 is 0 Å². The van der Waals surface area contributed by atoms with Gasteiger partial charge in [0.2, 0.25) is 0 Å². The number of hydrogen-bond acceptors (Lipinski definition) is 2. The molecule has 0 aromatic heterocycles. The third-order valence-corrected chi connectivity index (χ3v) is 2.95. The van der Waals surface area contributed by atoms with Gasteiger partial charge in [-0.25, -0.2) is 0 Å². The Kier molecular flexibility index (Phi) is 4.13. The number of nitrogen functional groups attached to an aromatic ring is 1. The molecule has 0 radical (unpaired) electrons. The van der Waals surface area contributed by atoms with E-state index in [1.54, 1.807) is 0 Å².